The Balaban J connectivity index is 1.31. The van der Waals surface area contributed by atoms with Crippen LogP contribution < -0.4 is 9.64 Å². The van der Waals surface area contributed by atoms with Gasteiger partial charge in [-0.25, -0.2) is 0 Å². The van der Waals surface area contributed by atoms with Crippen LogP contribution in [0.4, 0.5) is 5.69 Å². The molecule has 2 aliphatic carbocycles. The Morgan fingerprint density at radius 2 is 1.79 bits per heavy atom. The minimum atomic E-state index is 0.121. The number of hydrogen-bond donors (Lipinski definition) is 1. The van der Waals surface area contributed by atoms with Crippen LogP contribution in [0.15, 0.2) is 54.9 Å². The van der Waals surface area contributed by atoms with E-state index in [1.54, 1.807) is 19.5 Å². The first-order chi connectivity index (χ1) is 19.0. The average Bonchev–Trinajstić information content (AvgIpc) is 3.49. The van der Waals surface area contributed by atoms with Crippen LogP contribution in [-0.2, 0) is 4.79 Å². The van der Waals surface area contributed by atoms with Gasteiger partial charge in [-0.1, -0.05) is 52.6 Å². The standard InChI is InChI=1S/C33H38IN3O2/c1-23-18-29(14-17-32(23)39-2)27-10-8-25(9-11-27)22-37(33(38)28-12-15-30(34)16-13-28)31-5-3-4-24(19-31)6-7-26-20-35-36-21-26/h3-5,14,17-21,25,27-28,30H,8-13,15-16,22H2,1-2H3,(H,35,36)/t25-,27-,28-,30-. The summed E-state index contributed by atoms with van der Waals surface area (Å²) in [5.41, 5.74) is 5.36. The van der Waals surface area contributed by atoms with Crippen LogP contribution >= 0.6 is 22.6 Å². The number of rotatable bonds is 6. The fourth-order valence-electron chi connectivity index (χ4n) is 6.15. The second-order valence-corrected chi connectivity index (χ2v) is 12.9. The Hall–Kier alpha value is -2.79. The number of alkyl halides is 1. The van der Waals surface area contributed by atoms with Crippen molar-refractivity contribution in [3.63, 3.8) is 0 Å². The van der Waals surface area contributed by atoms with Crippen molar-refractivity contribution in [2.75, 3.05) is 18.6 Å². The van der Waals surface area contributed by atoms with Crippen molar-refractivity contribution in [1.29, 1.82) is 0 Å². The Morgan fingerprint density at radius 3 is 2.49 bits per heavy atom. The number of aromatic nitrogens is 2. The molecular formula is C33H38IN3O2. The largest absolute Gasteiger partial charge is 0.496 e. The Morgan fingerprint density at radius 1 is 1.03 bits per heavy atom. The van der Waals surface area contributed by atoms with E-state index in [-0.39, 0.29) is 5.92 Å². The third-order valence-electron chi connectivity index (χ3n) is 8.46. The fraction of sp³-hybridized carbons (Fsp3) is 0.455. The molecule has 1 heterocycles. The average molecular weight is 636 g/mol. The highest BCUT2D eigenvalue weighted by Crippen LogP contribution is 2.39. The predicted molar refractivity (Wildman–Crippen MR) is 166 cm³/mol. The van der Waals surface area contributed by atoms with Gasteiger partial charge < -0.3 is 9.64 Å². The summed E-state index contributed by atoms with van der Waals surface area (Å²) in [6, 6.07) is 14.8. The molecule has 2 fully saturated rings. The minimum Gasteiger partial charge on any atom is -0.496 e. The van der Waals surface area contributed by atoms with Crippen molar-refractivity contribution in [2.45, 2.75) is 68.1 Å². The Kier molecular flexibility index (Phi) is 9.28. The Bertz CT molecular complexity index is 1310. The Labute approximate surface area is 246 Å². The maximum atomic E-state index is 14.0. The maximum Gasteiger partial charge on any atom is 0.230 e. The summed E-state index contributed by atoms with van der Waals surface area (Å²) in [4.78, 5) is 16.1. The number of carbonyl (C=O) groups is 1. The van der Waals surface area contributed by atoms with Crippen LogP contribution in [0.5, 0.6) is 5.75 Å². The summed E-state index contributed by atoms with van der Waals surface area (Å²) in [6.07, 6.45) is 12.4. The molecule has 3 aromatic rings. The molecule has 204 valence electrons. The number of nitrogens with one attached hydrogen (secondary N) is 1. The lowest BCUT2D eigenvalue weighted by atomic mass is 9.78. The normalized spacial score (nSPS) is 22.9. The number of ether oxygens (including phenoxy) is 1. The molecule has 5 rings (SSSR count). The third-order valence-corrected chi connectivity index (χ3v) is 9.70. The molecule has 0 spiro atoms. The van der Waals surface area contributed by atoms with Crippen LogP contribution in [0.1, 0.15) is 79.5 Å². The van der Waals surface area contributed by atoms with Crippen LogP contribution in [0.2, 0.25) is 0 Å². The van der Waals surface area contributed by atoms with E-state index >= 15 is 0 Å². The molecule has 0 saturated heterocycles. The van der Waals surface area contributed by atoms with E-state index in [9.17, 15) is 4.79 Å². The SMILES string of the molecule is COc1ccc([C@H]2CC[C@H](CN(c3cccc(C#Cc4cn[nH]c4)c3)C(=O)[C@H]3CC[C@H](I)CC3)CC2)cc1C. The molecule has 0 unspecified atom stereocenters. The number of hydrogen-bond acceptors (Lipinski definition) is 3. The molecule has 1 amide bonds. The zero-order valence-electron chi connectivity index (χ0n) is 23.0. The number of aryl methyl sites for hydroxylation is 1. The predicted octanol–water partition coefficient (Wildman–Crippen LogP) is 7.43. The number of H-pyrrole nitrogens is 1. The smallest absolute Gasteiger partial charge is 0.230 e. The van der Waals surface area contributed by atoms with Crippen molar-refractivity contribution in [1.82, 2.24) is 10.2 Å². The van der Waals surface area contributed by atoms with E-state index in [1.807, 2.05) is 12.1 Å². The molecule has 0 radical (unpaired) electrons. The first-order valence-corrected chi connectivity index (χ1v) is 15.5. The highest BCUT2D eigenvalue weighted by Gasteiger charge is 2.32. The van der Waals surface area contributed by atoms with Gasteiger partial charge in [-0.2, -0.15) is 5.10 Å². The number of amides is 1. The first-order valence-electron chi connectivity index (χ1n) is 14.2. The third kappa shape index (κ3) is 7.05. The number of methoxy groups -OCH3 is 1. The molecule has 1 aromatic heterocycles. The van der Waals surface area contributed by atoms with Gasteiger partial charge in [0.2, 0.25) is 5.91 Å². The van der Waals surface area contributed by atoms with Crippen LogP contribution in [0, 0.1) is 30.6 Å². The van der Waals surface area contributed by atoms with E-state index in [0.29, 0.717) is 21.7 Å². The van der Waals surface area contributed by atoms with Gasteiger partial charge in [0.15, 0.2) is 0 Å². The molecule has 6 heteroatoms. The fourth-order valence-corrected chi connectivity index (χ4v) is 6.87. The molecule has 2 aromatic carbocycles. The summed E-state index contributed by atoms with van der Waals surface area (Å²) in [5.74, 6) is 8.87. The van der Waals surface area contributed by atoms with Gasteiger partial charge in [0.25, 0.3) is 0 Å². The van der Waals surface area contributed by atoms with Gasteiger partial charge >= 0.3 is 0 Å². The molecule has 39 heavy (non-hydrogen) atoms. The minimum absolute atomic E-state index is 0.121. The summed E-state index contributed by atoms with van der Waals surface area (Å²) in [7, 11) is 1.73. The summed E-state index contributed by atoms with van der Waals surface area (Å²) in [6.45, 7) is 2.91. The lowest BCUT2D eigenvalue weighted by molar-refractivity contribution is -0.123. The molecular weight excluding hydrogens is 597 g/mol. The summed E-state index contributed by atoms with van der Waals surface area (Å²) in [5, 5.41) is 6.78. The number of anilines is 1. The van der Waals surface area contributed by atoms with Crippen molar-refractivity contribution < 1.29 is 9.53 Å². The van der Waals surface area contributed by atoms with Gasteiger partial charge in [-0.05, 0) is 106 Å². The lowest BCUT2D eigenvalue weighted by Gasteiger charge is -2.36. The van der Waals surface area contributed by atoms with Gasteiger partial charge in [0.05, 0.1) is 18.9 Å². The molecule has 5 nitrogen and oxygen atoms in total. The molecule has 2 saturated carbocycles. The van der Waals surface area contributed by atoms with Gasteiger partial charge in [0, 0.05) is 33.8 Å². The number of nitrogens with zero attached hydrogens (tertiary/aromatic N) is 2. The number of halogens is 1. The zero-order valence-corrected chi connectivity index (χ0v) is 25.1. The van der Waals surface area contributed by atoms with Crippen molar-refractivity contribution >= 4 is 34.2 Å². The van der Waals surface area contributed by atoms with Crippen molar-refractivity contribution in [3.8, 4) is 17.6 Å². The van der Waals surface area contributed by atoms with Crippen molar-refractivity contribution in [2.24, 2.45) is 11.8 Å². The van der Waals surface area contributed by atoms with E-state index in [1.165, 1.54) is 11.1 Å². The summed E-state index contributed by atoms with van der Waals surface area (Å²) >= 11 is 2.54. The molecule has 0 atom stereocenters. The summed E-state index contributed by atoms with van der Waals surface area (Å²) < 4.78 is 6.15. The highest BCUT2D eigenvalue weighted by atomic mass is 127. The maximum absolute atomic E-state index is 14.0. The number of carbonyl (C=O) groups excluding carboxylic acids is 1. The van der Waals surface area contributed by atoms with E-state index in [4.69, 9.17) is 4.74 Å². The number of aromatic amines is 1. The zero-order chi connectivity index (χ0) is 27.2. The quantitative estimate of drug-likeness (QED) is 0.174. The highest BCUT2D eigenvalue weighted by molar-refractivity contribution is 14.1. The molecule has 0 bridgehead atoms. The van der Waals surface area contributed by atoms with E-state index < -0.39 is 0 Å². The van der Waals surface area contributed by atoms with E-state index in [0.717, 1.165) is 80.5 Å². The monoisotopic (exact) mass is 635 g/mol. The lowest BCUT2D eigenvalue weighted by Crippen LogP contribution is -2.41. The van der Waals surface area contributed by atoms with Gasteiger partial charge in [-0.15, -0.1) is 0 Å². The molecule has 0 aliphatic heterocycles. The first kappa shape index (κ1) is 27.8. The molecule has 2 aliphatic rings. The van der Waals surface area contributed by atoms with E-state index in [2.05, 4.69) is 86.8 Å². The molecule has 1 N–H and O–H groups in total. The van der Waals surface area contributed by atoms with Gasteiger partial charge in [-0.3, -0.25) is 9.89 Å². The van der Waals surface area contributed by atoms with Gasteiger partial charge in [0.1, 0.15) is 5.75 Å². The second-order valence-electron chi connectivity index (χ2n) is 11.1. The number of benzene rings is 2. The second kappa shape index (κ2) is 13.0. The van der Waals surface area contributed by atoms with Crippen LogP contribution in [-0.4, -0.2) is 33.7 Å². The van der Waals surface area contributed by atoms with Crippen molar-refractivity contribution in [3.05, 3.63) is 77.1 Å². The topological polar surface area (TPSA) is 58.2 Å². The van der Waals surface area contributed by atoms with Crippen LogP contribution in [0.25, 0.3) is 0 Å². The van der Waals surface area contributed by atoms with Crippen LogP contribution in [0.3, 0.4) is 0 Å².